The topological polar surface area (TPSA) is 26.3 Å². The zero-order valence-corrected chi connectivity index (χ0v) is 7.68. The van der Waals surface area contributed by atoms with Crippen molar-refractivity contribution in [1.29, 1.82) is 0 Å². The highest BCUT2D eigenvalue weighted by Crippen LogP contribution is 2.03. The minimum absolute atomic E-state index is 0.0254. The molecule has 0 spiro atoms. The molecule has 0 saturated heterocycles. The Kier molecular flexibility index (Phi) is 4.79. The summed E-state index contributed by atoms with van der Waals surface area (Å²) in [6, 6.07) is 0. The van der Waals surface area contributed by atoms with Crippen LogP contribution in [0.5, 0.6) is 0 Å². The SMILES string of the molecule is C/C=C(\C)C(=O)CC(C)OC. The average molecular weight is 156 g/mol. The molecule has 0 aliphatic rings. The molecule has 0 heterocycles. The van der Waals surface area contributed by atoms with Crippen molar-refractivity contribution < 1.29 is 9.53 Å². The Hall–Kier alpha value is -0.630. The summed E-state index contributed by atoms with van der Waals surface area (Å²) in [5.41, 5.74) is 0.814. The van der Waals surface area contributed by atoms with Crippen LogP contribution in [0.2, 0.25) is 0 Å². The third kappa shape index (κ3) is 3.94. The molecule has 1 atom stereocenters. The number of allylic oxidation sites excluding steroid dienone is 2. The van der Waals surface area contributed by atoms with Gasteiger partial charge in [-0.15, -0.1) is 0 Å². The van der Waals surface area contributed by atoms with Crippen LogP contribution in [0.25, 0.3) is 0 Å². The largest absolute Gasteiger partial charge is 0.381 e. The molecule has 0 fully saturated rings. The fourth-order valence-electron chi connectivity index (χ4n) is 0.666. The summed E-state index contributed by atoms with van der Waals surface area (Å²) in [6.07, 6.45) is 2.33. The monoisotopic (exact) mass is 156 g/mol. The maximum Gasteiger partial charge on any atom is 0.160 e. The predicted octanol–water partition coefficient (Wildman–Crippen LogP) is 1.95. The summed E-state index contributed by atoms with van der Waals surface area (Å²) in [5.74, 6) is 0.168. The molecule has 0 aromatic heterocycles. The number of carbonyl (C=O) groups excluding carboxylic acids is 1. The number of methoxy groups -OCH3 is 1. The van der Waals surface area contributed by atoms with Gasteiger partial charge in [0.1, 0.15) is 0 Å². The van der Waals surface area contributed by atoms with Gasteiger partial charge in [-0.1, -0.05) is 6.08 Å². The van der Waals surface area contributed by atoms with E-state index >= 15 is 0 Å². The summed E-state index contributed by atoms with van der Waals surface area (Å²) in [5, 5.41) is 0. The van der Waals surface area contributed by atoms with Gasteiger partial charge in [-0.3, -0.25) is 4.79 Å². The highest BCUT2D eigenvalue weighted by atomic mass is 16.5. The van der Waals surface area contributed by atoms with Crippen molar-refractivity contribution in [3.05, 3.63) is 11.6 Å². The first-order valence-electron chi connectivity index (χ1n) is 3.80. The van der Waals surface area contributed by atoms with Gasteiger partial charge in [0.2, 0.25) is 0 Å². The first-order chi connectivity index (χ1) is 5.11. The van der Waals surface area contributed by atoms with Crippen LogP contribution in [0, 0.1) is 0 Å². The van der Waals surface area contributed by atoms with Crippen LogP contribution in [0.1, 0.15) is 27.2 Å². The van der Waals surface area contributed by atoms with Crippen LogP contribution in [0.4, 0.5) is 0 Å². The van der Waals surface area contributed by atoms with E-state index in [0.717, 1.165) is 5.57 Å². The smallest absolute Gasteiger partial charge is 0.160 e. The quantitative estimate of drug-likeness (QED) is 0.581. The molecule has 0 rings (SSSR count). The van der Waals surface area contributed by atoms with Crippen molar-refractivity contribution in [2.24, 2.45) is 0 Å². The molecule has 0 bridgehead atoms. The van der Waals surface area contributed by atoms with Gasteiger partial charge in [0.15, 0.2) is 5.78 Å². The molecule has 0 aromatic rings. The minimum Gasteiger partial charge on any atom is -0.381 e. The maximum atomic E-state index is 11.2. The van der Waals surface area contributed by atoms with E-state index in [1.807, 2.05) is 26.8 Å². The van der Waals surface area contributed by atoms with Crippen LogP contribution in [-0.4, -0.2) is 19.0 Å². The Bertz CT molecular complexity index is 159. The van der Waals surface area contributed by atoms with Crippen LogP contribution < -0.4 is 0 Å². The van der Waals surface area contributed by atoms with E-state index in [2.05, 4.69) is 0 Å². The molecule has 0 amide bonds. The molecule has 0 aliphatic carbocycles. The molecule has 0 aliphatic heterocycles. The Morgan fingerprint density at radius 3 is 2.55 bits per heavy atom. The molecule has 64 valence electrons. The van der Waals surface area contributed by atoms with Gasteiger partial charge in [0.25, 0.3) is 0 Å². The standard InChI is InChI=1S/C9H16O2/c1-5-7(2)9(10)6-8(3)11-4/h5,8H,6H2,1-4H3/b7-5+. The van der Waals surface area contributed by atoms with Gasteiger partial charge in [0, 0.05) is 13.5 Å². The summed E-state index contributed by atoms with van der Waals surface area (Å²) >= 11 is 0. The van der Waals surface area contributed by atoms with Crippen LogP contribution in [0.3, 0.4) is 0 Å². The van der Waals surface area contributed by atoms with Crippen molar-refractivity contribution >= 4 is 5.78 Å². The molecular weight excluding hydrogens is 140 g/mol. The summed E-state index contributed by atoms with van der Waals surface area (Å²) in [7, 11) is 1.61. The summed E-state index contributed by atoms with van der Waals surface area (Å²) < 4.78 is 4.97. The fourth-order valence-corrected chi connectivity index (χ4v) is 0.666. The van der Waals surface area contributed by atoms with Crippen molar-refractivity contribution in [3.63, 3.8) is 0 Å². The zero-order chi connectivity index (χ0) is 8.85. The summed E-state index contributed by atoms with van der Waals surface area (Å²) in [6.45, 7) is 5.58. The second-order valence-electron chi connectivity index (χ2n) is 2.65. The first kappa shape index (κ1) is 10.4. The second-order valence-corrected chi connectivity index (χ2v) is 2.65. The van der Waals surface area contributed by atoms with E-state index in [1.165, 1.54) is 0 Å². The van der Waals surface area contributed by atoms with E-state index in [9.17, 15) is 4.79 Å². The number of hydrogen-bond acceptors (Lipinski definition) is 2. The fraction of sp³-hybridized carbons (Fsp3) is 0.667. The zero-order valence-electron chi connectivity index (χ0n) is 7.68. The molecule has 0 saturated carbocycles. The van der Waals surface area contributed by atoms with E-state index in [4.69, 9.17) is 4.74 Å². The molecule has 2 heteroatoms. The minimum atomic E-state index is 0.0254. The predicted molar refractivity (Wildman–Crippen MR) is 45.5 cm³/mol. The lowest BCUT2D eigenvalue weighted by Crippen LogP contribution is -2.12. The summed E-state index contributed by atoms with van der Waals surface area (Å²) in [4.78, 5) is 11.2. The van der Waals surface area contributed by atoms with Crippen molar-refractivity contribution in [2.45, 2.75) is 33.3 Å². The van der Waals surface area contributed by atoms with Gasteiger partial charge < -0.3 is 4.74 Å². The molecule has 11 heavy (non-hydrogen) atoms. The number of rotatable bonds is 4. The van der Waals surface area contributed by atoms with Gasteiger partial charge in [0.05, 0.1) is 6.10 Å². The highest BCUT2D eigenvalue weighted by Gasteiger charge is 2.08. The third-order valence-electron chi connectivity index (χ3n) is 1.75. The van der Waals surface area contributed by atoms with E-state index < -0.39 is 0 Å². The number of hydrogen-bond donors (Lipinski definition) is 0. The molecule has 0 radical (unpaired) electrons. The van der Waals surface area contributed by atoms with E-state index in [1.54, 1.807) is 7.11 Å². The molecule has 0 N–H and O–H groups in total. The van der Waals surface area contributed by atoms with Gasteiger partial charge in [-0.05, 0) is 26.3 Å². The normalized spacial score (nSPS) is 14.7. The Morgan fingerprint density at radius 1 is 1.64 bits per heavy atom. The number of ketones is 1. The third-order valence-corrected chi connectivity index (χ3v) is 1.75. The lowest BCUT2D eigenvalue weighted by molar-refractivity contribution is -0.117. The highest BCUT2D eigenvalue weighted by molar-refractivity contribution is 5.94. The van der Waals surface area contributed by atoms with E-state index in [0.29, 0.717) is 6.42 Å². The molecule has 0 aromatic carbocycles. The van der Waals surface area contributed by atoms with Crippen LogP contribution in [0.15, 0.2) is 11.6 Å². The van der Waals surface area contributed by atoms with Crippen LogP contribution in [-0.2, 0) is 9.53 Å². The maximum absolute atomic E-state index is 11.2. The van der Waals surface area contributed by atoms with Crippen LogP contribution >= 0.6 is 0 Å². The number of carbonyl (C=O) groups is 1. The Labute approximate surface area is 68.2 Å². The average Bonchev–Trinajstić information content (AvgIpc) is 2.02. The molecule has 2 nitrogen and oxygen atoms in total. The Morgan fingerprint density at radius 2 is 2.18 bits per heavy atom. The van der Waals surface area contributed by atoms with Crippen molar-refractivity contribution in [1.82, 2.24) is 0 Å². The first-order valence-corrected chi connectivity index (χ1v) is 3.80. The Balaban J connectivity index is 3.88. The lowest BCUT2D eigenvalue weighted by atomic mass is 10.1. The van der Waals surface area contributed by atoms with Crippen molar-refractivity contribution in [2.75, 3.05) is 7.11 Å². The second kappa shape index (κ2) is 5.08. The number of Topliss-reactive ketones (excluding diaryl/α,β-unsaturated/α-hetero) is 1. The lowest BCUT2D eigenvalue weighted by Gasteiger charge is -2.07. The molecule has 1 unspecified atom stereocenters. The molecular formula is C9H16O2. The van der Waals surface area contributed by atoms with Gasteiger partial charge in [-0.25, -0.2) is 0 Å². The van der Waals surface area contributed by atoms with E-state index in [-0.39, 0.29) is 11.9 Å². The van der Waals surface area contributed by atoms with Gasteiger partial charge in [-0.2, -0.15) is 0 Å². The number of ether oxygens (including phenoxy) is 1. The van der Waals surface area contributed by atoms with Gasteiger partial charge >= 0.3 is 0 Å². The van der Waals surface area contributed by atoms with Crippen molar-refractivity contribution in [3.8, 4) is 0 Å².